The van der Waals surface area contributed by atoms with Gasteiger partial charge in [0.05, 0.1) is 26.8 Å². The van der Waals surface area contributed by atoms with E-state index in [2.05, 4.69) is 31.3 Å². The number of para-hydroxylation sites is 1. The van der Waals surface area contributed by atoms with Gasteiger partial charge >= 0.3 is 6.01 Å². The highest BCUT2D eigenvalue weighted by molar-refractivity contribution is 7.16. The Balaban J connectivity index is 1.34. The van der Waals surface area contributed by atoms with Crippen LogP contribution in [0, 0.1) is 18.2 Å². The number of ether oxygens (including phenoxy) is 1. The number of halogens is 3. The number of fused-ring (bicyclic) bond motifs is 3. The molecule has 0 saturated carbocycles. The first-order chi connectivity index (χ1) is 21.8. The molecule has 232 valence electrons. The first-order valence-electron chi connectivity index (χ1n) is 14.9. The van der Waals surface area contributed by atoms with Crippen molar-refractivity contribution in [1.29, 1.82) is 0 Å². The van der Waals surface area contributed by atoms with Gasteiger partial charge in [-0.1, -0.05) is 18.7 Å². The highest BCUT2D eigenvalue weighted by Crippen LogP contribution is 2.42. The Labute approximate surface area is 261 Å². The number of amides is 1. The fourth-order valence-electron chi connectivity index (χ4n) is 7.16. The monoisotopic (exact) mass is 633 g/mol. The lowest BCUT2D eigenvalue weighted by atomic mass is 9.95. The molecule has 2 aromatic heterocycles. The van der Waals surface area contributed by atoms with Crippen molar-refractivity contribution in [2.75, 3.05) is 50.8 Å². The van der Waals surface area contributed by atoms with Crippen molar-refractivity contribution in [2.45, 2.75) is 37.0 Å². The second-order valence-electron chi connectivity index (χ2n) is 11.8. The molecule has 0 spiro atoms. The van der Waals surface area contributed by atoms with Crippen molar-refractivity contribution in [3.8, 4) is 17.1 Å². The van der Waals surface area contributed by atoms with E-state index in [4.69, 9.17) is 11.3 Å². The van der Waals surface area contributed by atoms with Gasteiger partial charge in [0.1, 0.15) is 36.0 Å². The summed E-state index contributed by atoms with van der Waals surface area (Å²) < 4.78 is 54.0. The van der Waals surface area contributed by atoms with Crippen molar-refractivity contribution in [3.63, 3.8) is 0 Å². The number of rotatable bonds is 7. The molecule has 1 unspecified atom stereocenters. The summed E-state index contributed by atoms with van der Waals surface area (Å²) in [7, 11) is 0. The molecule has 0 N–H and O–H groups in total. The summed E-state index contributed by atoms with van der Waals surface area (Å²) in [6, 6.07) is 5.83. The molecule has 45 heavy (non-hydrogen) atoms. The highest BCUT2D eigenvalue weighted by atomic mass is 32.1. The summed E-state index contributed by atoms with van der Waals surface area (Å²) in [5.74, 6) is -1.72. The van der Waals surface area contributed by atoms with Crippen LogP contribution in [0.15, 0.2) is 42.4 Å². The molecule has 3 aliphatic rings. The third-order valence-corrected chi connectivity index (χ3v) is 10.0. The Morgan fingerprint density at radius 3 is 2.91 bits per heavy atom. The molecule has 3 atom stereocenters. The number of hydrogen-bond donors (Lipinski definition) is 0. The average Bonchev–Trinajstić information content (AvgIpc) is 3.74. The van der Waals surface area contributed by atoms with Crippen molar-refractivity contribution in [1.82, 2.24) is 24.8 Å². The van der Waals surface area contributed by atoms with Gasteiger partial charge in [-0.15, -0.1) is 11.3 Å². The van der Waals surface area contributed by atoms with E-state index in [1.165, 1.54) is 23.5 Å². The lowest BCUT2D eigenvalue weighted by Gasteiger charge is -2.39. The topological polar surface area (TPSA) is 79.1 Å². The van der Waals surface area contributed by atoms with Gasteiger partial charge in [0.25, 0.3) is 0 Å². The van der Waals surface area contributed by atoms with Crippen LogP contribution in [0.25, 0.3) is 37.1 Å². The zero-order valence-corrected chi connectivity index (χ0v) is 25.2. The van der Waals surface area contributed by atoms with Crippen LogP contribution in [0.1, 0.15) is 19.3 Å². The largest absolute Gasteiger partial charge is 0.461 e. The lowest BCUT2D eigenvalue weighted by Crippen LogP contribution is -2.56. The Morgan fingerprint density at radius 1 is 1.22 bits per heavy atom. The van der Waals surface area contributed by atoms with Crippen molar-refractivity contribution >= 4 is 44.2 Å². The van der Waals surface area contributed by atoms with Gasteiger partial charge in [-0.25, -0.2) is 24.7 Å². The van der Waals surface area contributed by atoms with E-state index in [0.29, 0.717) is 30.6 Å². The number of thiazole rings is 1. The van der Waals surface area contributed by atoms with E-state index >= 15 is 8.78 Å². The molecule has 7 rings (SSSR count). The van der Waals surface area contributed by atoms with Crippen LogP contribution < -0.4 is 9.64 Å². The van der Waals surface area contributed by atoms with Gasteiger partial charge in [0.2, 0.25) is 12.5 Å². The number of nitrogens with zero attached hydrogens (tertiary/aromatic N) is 7. The molecule has 5 heterocycles. The smallest absolute Gasteiger partial charge is 0.319 e. The minimum absolute atomic E-state index is 0.0374. The van der Waals surface area contributed by atoms with Crippen LogP contribution in [0.4, 0.5) is 19.0 Å². The Kier molecular flexibility index (Phi) is 7.57. The van der Waals surface area contributed by atoms with E-state index in [1.807, 2.05) is 11.0 Å². The zero-order chi connectivity index (χ0) is 31.3. The van der Waals surface area contributed by atoms with Crippen molar-refractivity contribution < 1.29 is 22.7 Å². The maximum atomic E-state index is 16.6. The minimum Gasteiger partial charge on any atom is -0.461 e. The van der Waals surface area contributed by atoms with Gasteiger partial charge < -0.3 is 19.4 Å². The van der Waals surface area contributed by atoms with E-state index in [0.717, 1.165) is 24.1 Å². The van der Waals surface area contributed by atoms with Gasteiger partial charge in [0, 0.05) is 43.5 Å². The quantitative estimate of drug-likeness (QED) is 0.203. The molecule has 3 saturated heterocycles. The van der Waals surface area contributed by atoms with Crippen molar-refractivity contribution in [3.05, 3.63) is 65.5 Å². The Morgan fingerprint density at radius 2 is 2.09 bits per heavy atom. The van der Waals surface area contributed by atoms with Crippen LogP contribution in [0.2, 0.25) is 0 Å². The van der Waals surface area contributed by atoms with E-state index in [1.54, 1.807) is 22.5 Å². The molecule has 4 aromatic rings. The number of carbonyl (C=O) groups excluding carboxylic acids is 1. The van der Waals surface area contributed by atoms with Gasteiger partial charge in [-0.3, -0.25) is 9.69 Å². The number of piperazine rings is 1. The summed E-state index contributed by atoms with van der Waals surface area (Å²) in [6.07, 6.45) is 2.30. The number of anilines is 1. The molecule has 3 fully saturated rings. The van der Waals surface area contributed by atoms with E-state index in [9.17, 15) is 9.18 Å². The van der Waals surface area contributed by atoms with Crippen LogP contribution in [-0.2, 0) is 4.79 Å². The predicted molar refractivity (Wildman–Crippen MR) is 166 cm³/mol. The number of benzene rings is 2. The number of alkyl halides is 1. The molecule has 3 aliphatic heterocycles. The summed E-state index contributed by atoms with van der Waals surface area (Å²) >= 11 is 1.37. The average molecular weight is 634 g/mol. The summed E-state index contributed by atoms with van der Waals surface area (Å²) in [4.78, 5) is 35.0. The summed E-state index contributed by atoms with van der Waals surface area (Å²) in [6.45, 7) is 13.1. The van der Waals surface area contributed by atoms with Crippen LogP contribution in [0.5, 0.6) is 6.01 Å². The molecule has 9 nitrogen and oxygen atoms in total. The van der Waals surface area contributed by atoms with Gasteiger partial charge in [-0.2, -0.15) is 9.97 Å². The number of carbonyl (C=O) groups is 1. The second-order valence-corrected chi connectivity index (χ2v) is 12.7. The third kappa shape index (κ3) is 5.06. The first kappa shape index (κ1) is 29.4. The third-order valence-electron chi connectivity index (χ3n) is 9.24. The molecule has 13 heteroatoms. The van der Waals surface area contributed by atoms with E-state index < -0.39 is 29.4 Å². The fourth-order valence-corrected chi connectivity index (χ4v) is 7.87. The fraction of sp³-hybridized carbons (Fsp3) is 0.406. The van der Waals surface area contributed by atoms with Crippen molar-refractivity contribution in [2.24, 2.45) is 0 Å². The van der Waals surface area contributed by atoms with Gasteiger partial charge in [0.15, 0.2) is 5.82 Å². The Bertz CT molecular complexity index is 1860. The molecular weight excluding hydrogens is 603 g/mol. The maximum absolute atomic E-state index is 16.6. The molecule has 0 bridgehead atoms. The minimum atomic E-state index is -0.952. The maximum Gasteiger partial charge on any atom is 0.319 e. The van der Waals surface area contributed by atoms with E-state index in [-0.39, 0.29) is 60.4 Å². The molecule has 0 aliphatic carbocycles. The van der Waals surface area contributed by atoms with Gasteiger partial charge in [-0.05, 0) is 37.6 Å². The summed E-state index contributed by atoms with van der Waals surface area (Å²) in [5.41, 5.74) is 1.56. The van der Waals surface area contributed by atoms with Crippen LogP contribution in [0.3, 0.4) is 0 Å². The zero-order valence-electron chi connectivity index (χ0n) is 24.4. The molecule has 0 radical (unpaired) electrons. The highest BCUT2D eigenvalue weighted by Gasteiger charge is 2.49. The Hall–Kier alpha value is -4.28. The predicted octanol–water partition coefficient (Wildman–Crippen LogP) is 5.26. The lowest BCUT2D eigenvalue weighted by molar-refractivity contribution is -0.128. The normalized spacial score (nSPS) is 23.4. The number of hydrogen-bond acceptors (Lipinski definition) is 8. The SMILES string of the molecule is [C-]#[N+]C[C@H]1CN(c2nc(OCC34CCCN3C[C@H](F)C4)nc3c(F)c(-c4cccc5scnc45)c(F)cc23)CCN1C(=O)C=C. The number of aromatic nitrogens is 3. The molecule has 1 amide bonds. The standard InChI is InChI=1S/C32H30F3N7O2S/c1-3-25(43)42-11-10-40(16-20(42)14-36-2)30-22-12-23(34)26(21-6-4-7-24-28(21)37-18-45-24)27(35)29(22)38-31(39-30)44-17-32-8-5-9-41(32)15-19(33)13-32/h3-4,6-7,12,18-20H,1,5,8-11,13-17H2/t19-,20+,32?/m1/s1. The molecule has 2 aromatic carbocycles. The van der Waals surface area contributed by atoms with Crippen LogP contribution in [-0.4, -0.2) is 94.3 Å². The summed E-state index contributed by atoms with van der Waals surface area (Å²) in [5, 5.41) is 0.141. The van der Waals surface area contributed by atoms with Crippen LogP contribution >= 0.6 is 11.3 Å². The second kappa shape index (κ2) is 11.6. The first-order valence-corrected chi connectivity index (χ1v) is 15.8. The molecular formula is C32H30F3N7O2S.